The van der Waals surface area contributed by atoms with Crippen LogP contribution in [0.2, 0.25) is 0 Å². The summed E-state index contributed by atoms with van der Waals surface area (Å²) in [4.78, 5) is 21.7. The molecule has 22 atom stereocenters. The number of benzene rings is 1. The van der Waals surface area contributed by atoms with Crippen molar-refractivity contribution >= 4 is 11.9 Å². The lowest BCUT2D eigenvalue weighted by molar-refractivity contribution is -0.381. The quantitative estimate of drug-likeness (QED) is 0.0505. The predicted molar refractivity (Wildman–Crippen MR) is 440 cm³/mol. The van der Waals surface area contributed by atoms with Gasteiger partial charge in [-0.05, 0) is 261 Å². The van der Waals surface area contributed by atoms with E-state index in [0.29, 0.717) is 93.7 Å². The summed E-state index contributed by atoms with van der Waals surface area (Å²) in [7, 11) is 2.83. The molecule has 11 rings (SSSR count). The van der Waals surface area contributed by atoms with Gasteiger partial charge in [-0.2, -0.15) is 167 Å². The summed E-state index contributed by atoms with van der Waals surface area (Å²) >= 11 is 0. The Morgan fingerprint density at radius 2 is 0.611 bits per heavy atom. The lowest BCUT2D eigenvalue weighted by Crippen LogP contribution is -2.60. The number of alkyl halides is 40. The first-order valence-corrected chi connectivity index (χ1v) is 45.6. The number of hydrogen-bond acceptors (Lipinski definition) is 12. The second kappa shape index (κ2) is 46.9. The Morgan fingerprint density at radius 1 is 0.333 bits per heavy atom. The van der Waals surface area contributed by atoms with Gasteiger partial charge in [-0.15, -0.1) is 0 Å². The van der Waals surface area contributed by atoms with Gasteiger partial charge in [0.15, 0.2) is 0 Å². The molecular formula is C92H132F40O12. The fourth-order valence-corrected chi connectivity index (χ4v) is 21.4. The number of aliphatic hydroxyl groups is 6. The number of carbonyl (C=O) groups is 2. The molecule has 144 heavy (non-hydrogen) atoms. The number of methoxy groups -OCH3 is 2. The first-order valence-electron chi connectivity index (χ1n) is 45.6. The van der Waals surface area contributed by atoms with E-state index < -0.39 is 211 Å². The molecule has 10 aliphatic rings. The van der Waals surface area contributed by atoms with Crippen molar-refractivity contribution in [1.29, 1.82) is 0 Å². The maximum Gasteiger partial charge on any atom is 0.430 e. The molecule has 10 bridgehead atoms. The minimum Gasteiger partial charge on any atom is -0.469 e. The SMILES string of the molecule is C.C.CC1C2CC(CC(O)(C(F)(F)F)C(F)(F)F)C(C2)C1C.CC1C2CC(CC2OCC(O)(C(F)(F)F)C(F)(F)F)C1C(F)(F)C(C)(F)F.CC1C2CC(OCC(O)(C(F)(F)F)C(F)(F)F)C(C2)C1C.CCC(C)(C)C(=O)OC.CCC(C)(C)C(=O)OC.CCC(C)c1ccc(C(O)(C(F)(F)F)C(F)(F)F)cc1.OC(CC1CC2CCC1C2)(C(F)(F)F)C(F)(F)F.OC(CC1CC2CCC1C2)(C(F)(F)F)C(F)(F)F. The minimum atomic E-state index is -6.06. The highest BCUT2D eigenvalue weighted by Crippen LogP contribution is 2.65. The lowest BCUT2D eigenvalue weighted by Gasteiger charge is -2.41. The summed E-state index contributed by atoms with van der Waals surface area (Å²) in [6, 6.07) is 3.68. The molecule has 0 radical (unpaired) electrons. The molecule has 1 aromatic rings. The Balaban J connectivity index is 0.000000565. The van der Waals surface area contributed by atoms with E-state index in [9.17, 15) is 195 Å². The van der Waals surface area contributed by atoms with Crippen molar-refractivity contribution in [3.63, 3.8) is 0 Å². The Bertz CT molecular complexity index is 3930. The van der Waals surface area contributed by atoms with Crippen LogP contribution in [0.5, 0.6) is 0 Å². The van der Waals surface area contributed by atoms with Crippen molar-refractivity contribution < 1.29 is 235 Å². The Kier molecular flexibility index (Phi) is 44.0. The normalized spacial score (nSPS) is 28.8. The number of hydrogen-bond donors (Lipinski definition) is 6. The van der Waals surface area contributed by atoms with Crippen molar-refractivity contribution in [2.75, 3.05) is 27.4 Å². The van der Waals surface area contributed by atoms with E-state index in [1.807, 2.05) is 76.2 Å². The molecule has 0 saturated heterocycles. The zero-order valence-electron chi connectivity index (χ0n) is 79.8. The number of fused-ring (bicyclic) bond motifs is 10. The number of esters is 2. The van der Waals surface area contributed by atoms with Gasteiger partial charge >= 0.3 is 97.9 Å². The molecule has 22 unspecified atom stereocenters. The van der Waals surface area contributed by atoms with Crippen LogP contribution in [0.3, 0.4) is 0 Å². The van der Waals surface area contributed by atoms with Gasteiger partial charge in [0.1, 0.15) is 0 Å². The van der Waals surface area contributed by atoms with E-state index in [2.05, 4.69) is 14.2 Å². The third-order valence-electron chi connectivity index (χ3n) is 31.9. The summed E-state index contributed by atoms with van der Waals surface area (Å²) in [5.74, 6) is -14.1. The number of ether oxygens (including phenoxy) is 4. The van der Waals surface area contributed by atoms with E-state index in [0.717, 1.165) is 32.1 Å². The standard InChI is InChI=1S/C15H18F10O2.C13H18F6O2.C13H18F6O.C13H14F6O.2C11H14F6O.2C7H14O2.2CH4/c1-6-8-3-7(10(6)13(18,19)11(2,16)17)4-9(8)27-5-12(26,14(20,21)22)15(23,24)25;1-6-7(2)9-3-8(6)4-10(9)21-5-11(20,12(14,15)16)13(17,18)19;1-6-7(2)10-4-8(6)3-9(10)5-11(20,12(14,15)16)13(17,18)19;1-3-8(2)9-4-6-10(7-5-9)11(20,12(14,15)16)13(17,18)19;2*12-10(13,14)9(18,11(15,16)17)5-8-4-6-1-2-7(8)3-6;2*1-5-7(2,3)6(8)9-4;;/h6-10,26H,3-5H2,1-2H3;6-10,20H,3-5H2,1-2H3;6-10,20H,3-5H2,1-2H3;4-8,20H,3H2,1-2H3;2*6-8,18H,1-5H2;2*5H2,1-4H3;2*1H4. The van der Waals surface area contributed by atoms with Crippen LogP contribution < -0.4 is 0 Å². The molecular weight excluding hydrogens is 2060 g/mol. The maximum absolute atomic E-state index is 14.0. The van der Waals surface area contributed by atoms with Gasteiger partial charge in [0, 0.05) is 18.4 Å². The molecule has 1 aromatic carbocycles. The number of carbonyl (C=O) groups excluding carboxylic acids is 2. The lowest BCUT2D eigenvalue weighted by atomic mass is 9.72. The molecule has 6 N–H and O–H groups in total. The van der Waals surface area contributed by atoms with Crippen LogP contribution >= 0.6 is 0 Å². The molecule has 10 saturated carbocycles. The largest absolute Gasteiger partial charge is 0.469 e. The molecule has 0 spiro atoms. The molecule has 0 aliphatic heterocycles. The Morgan fingerprint density at radius 3 is 0.833 bits per heavy atom. The van der Waals surface area contributed by atoms with Crippen LogP contribution in [0.15, 0.2) is 24.3 Å². The molecule has 0 amide bonds. The molecule has 0 aromatic heterocycles. The molecule has 852 valence electrons. The van der Waals surface area contributed by atoms with Gasteiger partial charge in [-0.3, -0.25) is 9.59 Å². The first kappa shape index (κ1) is 135. The highest BCUT2D eigenvalue weighted by Gasteiger charge is 2.78. The van der Waals surface area contributed by atoms with Gasteiger partial charge < -0.3 is 49.6 Å². The fourth-order valence-electron chi connectivity index (χ4n) is 21.4. The van der Waals surface area contributed by atoms with Gasteiger partial charge in [0.2, 0.25) is 0 Å². The van der Waals surface area contributed by atoms with Crippen LogP contribution in [0.4, 0.5) is 176 Å². The first-order chi connectivity index (χ1) is 63.2. The summed E-state index contributed by atoms with van der Waals surface area (Å²) in [5, 5.41) is 54.8. The third-order valence-corrected chi connectivity index (χ3v) is 31.9. The fraction of sp³-hybridized carbons (Fsp3) is 0.913. The average molecular weight is 2190 g/mol. The second-order valence-electron chi connectivity index (χ2n) is 41.3. The molecule has 52 heteroatoms. The van der Waals surface area contributed by atoms with Crippen molar-refractivity contribution in [2.24, 2.45) is 123 Å². The highest BCUT2D eigenvalue weighted by molar-refractivity contribution is 5.76. The Labute approximate surface area is 808 Å². The zero-order chi connectivity index (χ0) is 111. The van der Waals surface area contributed by atoms with Crippen molar-refractivity contribution in [3.05, 3.63) is 35.4 Å². The van der Waals surface area contributed by atoms with Gasteiger partial charge in [-0.25, -0.2) is 8.78 Å². The Hall–Kier alpha value is -4.96. The highest BCUT2D eigenvalue weighted by atomic mass is 19.5. The van der Waals surface area contributed by atoms with Crippen molar-refractivity contribution in [3.8, 4) is 0 Å². The van der Waals surface area contributed by atoms with E-state index in [-0.39, 0.29) is 122 Å². The summed E-state index contributed by atoms with van der Waals surface area (Å²) in [6.45, 7) is 20.2. The number of halogens is 40. The summed E-state index contributed by atoms with van der Waals surface area (Å²) in [5.41, 5.74) is -29.7. The van der Waals surface area contributed by atoms with Crippen LogP contribution in [-0.4, -0.2) is 196 Å². The molecule has 0 heterocycles. The summed E-state index contributed by atoms with van der Waals surface area (Å²) in [6.07, 6.45) is -65.8. The molecule has 12 nitrogen and oxygen atoms in total. The van der Waals surface area contributed by atoms with Gasteiger partial charge in [0.25, 0.3) is 33.6 Å². The number of rotatable bonds is 21. The molecule has 10 aliphatic carbocycles. The predicted octanol–water partition coefficient (Wildman–Crippen LogP) is 28.8. The molecule has 10 fully saturated rings. The zero-order valence-corrected chi connectivity index (χ0v) is 79.8. The average Bonchev–Trinajstić information content (AvgIpc) is 1.55. The van der Waals surface area contributed by atoms with E-state index >= 15 is 0 Å². The second-order valence-corrected chi connectivity index (χ2v) is 41.3. The third kappa shape index (κ3) is 29.1. The van der Waals surface area contributed by atoms with Crippen LogP contribution in [0.25, 0.3) is 0 Å². The van der Waals surface area contributed by atoms with E-state index in [4.69, 9.17) is 25.2 Å². The van der Waals surface area contributed by atoms with Gasteiger partial charge in [-0.1, -0.05) is 114 Å². The monoisotopic (exact) mass is 2190 g/mol. The van der Waals surface area contributed by atoms with E-state index in [1.54, 1.807) is 6.92 Å². The van der Waals surface area contributed by atoms with Gasteiger partial charge in [0.05, 0.1) is 50.5 Å². The van der Waals surface area contributed by atoms with Crippen molar-refractivity contribution in [1.82, 2.24) is 0 Å². The van der Waals surface area contributed by atoms with Crippen LogP contribution in [0.1, 0.15) is 257 Å². The minimum absolute atomic E-state index is 0. The van der Waals surface area contributed by atoms with E-state index in [1.165, 1.54) is 33.3 Å². The van der Waals surface area contributed by atoms with Crippen molar-refractivity contribution in [2.45, 2.75) is 378 Å². The maximum atomic E-state index is 14.0. The summed E-state index contributed by atoms with van der Waals surface area (Å²) < 4.78 is 527. The van der Waals surface area contributed by atoms with Crippen LogP contribution in [0, 0.1) is 123 Å². The smallest absolute Gasteiger partial charge is 0.430 e. The van der Waals surface area contributed by atoms with Crippen LogP contribution in [-0.2, 0) is 34.1 Å². The topological polar surface area (TPSA) is 192 Å².